The number of β-amino-alcohol motifs (C(OH)–C–C–N with tert-alkyl or cyclic N) is 1. The van der Waals surface area contributed by atoms with Crippen LogP contribution in [-0.2, 0) is 11.2 Å². The highest BCUT2D eigenvalue weighted by molar-refractivity contribution is 6.36. The average molecular weight is 288 g/mol. The van der Waals surface area contributed by atoms with Crippen molar-refractivity contribution in [2.75, 3.05) is 13.1 Å². The van der Waals surface area contributed by atoms with Crippen molar-refractivity contribution in [2.45, 2.75) is 25.4 Å². The van der Waals surface area contributed by atoms with E-state index in [9.17, 15) is 9.90 Å². The van der Waals surface area contributed by atoms with Crippen LogP contribution in [-0.4, -0.2) is 35.1 Å². The molecule has 1 atom stereocenters. The van der Waals surface area contributed by atoms with Crippen LogP contribution < -0.4 is 0 Å². The van der Waals surface area contributed by atoms with E-state index in [2.05, 4.69) is 0 Å². The van der Waals surface area contributed by atoms with Crippen molar-refractivity contribution >= 4 is 29.1 Å². The summed E-state index contributed by atoms with van der Waals surface area (Å²) >= 11 is 12.1. The van der Waals surface area contributed by atoms with E-state index in [0.29, 0.717) is 28.7 Å². The van der Waals surface area contributed by atoms with Gasteiger partial charge in [-0.15, -0.1) is 0 Å². The summed E-state index contributed by atoms with van der Waals surface area (Å²) in [5.74, 6) is -0.0382. The molecule has 1 N–H and O–H groups in total. The number of hydrogen-bond acceptors (Lipinski definition) is 2. The van der Waals surface area contributed by atoms with Crippen LogP contribution in [0.3, 0.4) is 0 Å². The number of halogens is 2. The maximum atomic E-state index is 12.1. The Balaban J connectivity index is 2.07. The first-order chi connectivity index (χ1) is 8.58. The Kier molecular flexibility index (Phi) is 4.49. The lowest BCUT2D eigenvalue weighted by Crippen LogP contribution is -2.42. The van der Waals surface area contributed by atoms with Gasteiger partial charge in [0.2, 0.25) is 5.91 Å². The number of likely N-dealkylation sites (tertiary alicyclic amines) is 1. The van der Waals surface area contributed by atoms with Gasteiger partial charge >= 0.3 is 0 Å². The fourth-order valence-corrected chi connectivity index (χ4v) is 2.68. The summed E-state index contributed by atoms with van der Waals surface area (Å²) < 4.78 is 0. The Hall–Kier alpha value is -0.770. The Morgan fingerprint density at radius 2 is 2.06 bits per heavy atom. The van der Waals surface area contributed by atoms with Crippen LogP contribution in [0.4, 0.5) is 0 Å². The highest BCUT2D eigenvalue weighted by atomic mass is 35.5. The monoisotopic (exact) mass is 287 g/mol. The minimum Gasteiger partial charge on any atom is -0.391 e. The molecule has 0 aromatic heterocycles. The SMILES string of the molecule is O=C(Cc1c(Cl)cccc1Cl)N1CCCC(O)C1. The highest BCUT2D eigenvalue weighted by Crippen LogP contribution is 2.25. The number of nitrogens with zero attached hydrogens (tertiary/aromatic N) is 1. The molecule has 1 aliphatic rings. The van der Waals surface area contributed by atoms with Gasteiger partial charge in [0.25, 0.3) is 0 Å². The Labute approximate surface area is 116 Å². The smallest absolute Gasteiger partial charge is 0.227 e. The maximum Gasteiger partial charge on any atom is 0.227 e. The molecule has 1 unspecified atom stereocenters. The molecule has 18 heavy (non-hydrogen) atoms. The van der Waals surface area contributed by atoms with Gasteiger partial charge in [-0.3, -0.25) is 4.79 Å². The van der Waals surface area contributed by atoms with E-state index in [1.54, 1.807) is 23.1 Å². The van der Waals surface area contributed by atoms with E-state index in [4.69, 9.17) is 23.2 Å². The van der Waals surface area contributed by atoms with Gasteiger partial charge in [-0.25, -0.2) is 0 Å². The first kappa shape index (κ1) is 13.7. The molecule has 1 aromatic carbocycles. The molecule has 1 aromatic rings. The van der Waals surface area contributed by atoms with Crippen molar-refractivity contribution in [1.29, 1.82) is 0 Å². The number of aliphatic hydroxyl groups is 1. The van der Waals surface area contributed by atoms with Gasteiger partial charge in [-0.05, 0) is 30.5 Å². The van der Waals surface area contributed by atoms with E-state index >= 15 is 0 Å². The lowest BCUT2D eigenvalue weighted by atomic mass is 10.1. The van der Waals surface area contributed by atoms with E-state index < -0.39 is 6.10 Å². The van der Waals surface area contributed by atoms with Crippen molar-refractivity contribution in [2.24, 2.45) is 0 Å². The first-order valence-corrected chi connectivity index (χ1v) is 6.72. The van der Waals surface area contributed by atoms with Crippen molar-refractivity contribution in [3.63, 3.8) is 0 Å². The van der Waals surface area contributed by atoms with Crippen molar-refractivity contribution in [3.05, 3.63) is 33.8 Å². The van der Waals surface area contributed by atoms with Crippen LogP contribution in [0.15, 0.2) is 18.2 Å². The largest absolute Gasteiger partial charge is 0.391 e. The summed E-state index contributed by atoms with van der Waals surface area (Å²) in [6, 6.07) is 5.20. The fourth-order valence-electron chi connectivity index (χ4n) is 2.15. The third-order valence-electron chi connectivity index (χ3n) is 3.14. The number of aliphatic hydroxyl groups excluding tert-OH is 1. The molecule has 0 bridgehead atoms. The highest BCUT2D eigenvalue weighted by Gasteiger charge is 2.23. The van der Waals surface area contributed by atoms with Crippen molar-refractivity contribution < 1.29 is 9.90 Å². The first-order valence-electron chi connectivity index (χ1n) is 5.96. The quantitative estimate of drug-likeness (QED) is 0.908. The topological polar surface area (TPSA) is 40.5 Å². The molecular formula is C13H15Cl2NO2. The minimum absolute atomic E-state index is 0.0382. The Morgan fingerprint density at radius 3 is 2.67 bits per heavy atom. The number of carbonyl (C=O) groups excluding carboxylic acids is 1. The molecule has 2 rings (SSSR count). The van der Waals surface area contributed by atoms with Gasteiger partial charge in [0.15, 0.2) is 0 Å². The van der Waals surface area contributed by atoms with Gasteiger partial charge in [0, 0.05) is 23.1 Å². The van der Waals surface area contributed by atoms with E-state index in [0.717, 1.165) is 12.8 Å². The zero-order chi connectivity index (χ0) is 13.1. The van der Waals surface area contributed by atoms with E-state index in [1.165, 1.54) is 0 Å². The summed E-state index contributed by atoms with van der Waals surface area (Å²) in [7, 11) is 0. The number of carbonyl (C=O) groups is 1. The number of benzene rings is 1. The lowest BCUT2D eigenvalue weighted by Gasteiger charge is -2.30. The molecule has 1 fully saturated rings. The molecule has 0 aliphatic carbocycles. The van der Waals surface area contributed by atoms with Crippen LogP contribution in [0.25, 0.3) is 0 Å². The molecular weight excluding hydrogens is 273 g/mol. The Morgan fingerprint density at radius 1 is 1.39 bits per heavy atom. The molecule has 1 saturated heterocycles. The average Bonchev–Trinajstić information content (AvgIpc) is 2.34. The summed E-state index contributed by atoms with van der Waals surface area (Å²) in [6.07, 6.45) is 1.37. The second-order valence-corrected chi connectivity index (χ2v) is 5.33. The van der Waals surface area contributed by atoms with Crippen LogP contribution in [0.5, 0.6) is 0 Å². The zero-order valence-corrected chi connectivity index (χ0v) is 11.4. The van der Waals surface area contributed by atoms with Gasteiger partial charge in [-0.2, -0.15) is 0 Å². The third kappa shape index (κ3) is 3.16. The summed E-state index contributed by atoms with van der Waals surface area (Å²) in [5, 5.41) is 10.6. The van der Waals surface area contributed by atoms with Crippen LogP contribution >= 0.6 is 23.2 Å². The lowest BCUT2D eigenvalue weighted by molar-refractivity contribution is -0.133. The molecule has 0 radical (unpaired) electrons. The molecule has 98 valence electrons. The van der Waals surface area contributed by atoms with Gasteiger partial charge < -0.3 is 10.0 Å². The predicted molar refractivity (Wildman–Crippen MR) is 72.0 cm³/mol. The molecule has 1 amide bonds. The molecule has 3 nitrogen and oxygen atoms in total. The summed E-state index contributed by atoms with van der Waals surface area (Å²) in [5.41, 5.74) is 0.658. The maximum absolute atomic E-state index is 12.1. The number of hydrogen-bond donors (Lipinski definition) is 1. The predicted octanol–water partition coefficient (Wildman–Crippen LogP) is 2.52. The zero-order valence-electron chi connectivity index (χ0n) is 9.90. The van der Waals surface area contributed by atoms with Crippen LogP contribution in [0.2, 0.25) is 10.0 Å². The minimum atomic E-state index is -0.413. The Bertz CT molecular complexity index is 430. The van der Waals surface area contributed by atoms with Gasteiger partial charge in [-0.1, -0.05) is 29.3 Å². The number of amides is 1. The second kappa shape index (κ2) is 5.91. The molecule has 5 heteroatoms. The van der Waals surface area contributed by atoms with E-state index in [-0.39, 0.29) is 12.3 Å². The van der Waals surface area contributed by atoms with Crippen LogP contribution in [0.1, 0.15) is 18.4 Å². The standard InChI is InChI=1S/C13H15Cl2NO2/c14-11-4-1-5-12(15)10(11)7-13(18)16-6-2-3-9(17)8-16/h1,4-5,9,17H,2-3,6-8H2. The number of rotatable bonds is 2. The van der Waals surface area contributed by atoms with Crippen molar-refractivity contribution in [1.82, 2.24) is 4.90 Å². The molecule has 0 saturated carbocycles. The van der Waals surface area contributed by atoms with Crippen molar-refractivity contribution in [3.8, 4) is 0 Å². The fraction of sp³-hybridized carbons (Fsp3) is 0.462. The third-order valence-corrected chi connectivity index (χ3v) is 3.85. The molecule has 1 aliphatic heterocycles. The summed E-state index contributed by atoms with van der Waals surface area (Å²) in [4.78, 5) is 13.8. The van der Waals surface area contributed by atoms with E-state index in [1.807, 2.05) is 0 Å². The second-order valence-electron chi connectivity index (χ2n) is 4.51. The number of piperidine rings is 1. The summed E-state index contributed by atoms with van der Waals surface area (Å²) in [6.45, 7) is 1.10. The normalized spacial score (nSPS) is 19.9. The van der Waals surface area contributed by atoms with Crippen LogP contribution in [0, 0.1) is 0 Å². The van der Waals surface area contributed by atoms with Gasteiger partial charge in [0.05, 0.1) is 12.5 Å². The molecule has 0 spiro atoms. The van der Waals surface area contributed by atoms with Gasteiger partial charge in [0.1, 0.15) is 0 Å². The molecule has 1 heterocycles.